The van der Waals surface area contributed by atoms with Crippen LogP contribution in [0.15, 0.2) is 12.3 Å². The van der Waals surface area contributed by atoms with E-state index >= 15 is 0 Å². The van der Waals surface area contributed by atoms with Crippen molar-refractivity contribution < 1.29 is 4.79 Å². The lowest BCUT2D eigenvalue weighted by Crippen LogP contribution is -2.30. The first kappa shape index (κ1) is 13.3. The highest BCUT2D eigenvalue weighted by Crippen LogP contribution is 2.17. The summed E-state index contributed by atoms with van der Waals surface area (Å²) >= 11 is 5.79. The molecule has 0 aromatic carbocycles. The first-order chi connectivity index (χ1) is 7.95. The molecule has 0 bridgehead atoms. The summed E-state index contributed by atoms with van der Waals surface area (Å²) in [6.45, 7) is 2.11. The molecule has 17 heavy (non-hydrogen) atoms. The number of amides is 1. The molecule has 0 aliphatic rings. The van der Waals surface area contributed by atoms with Crippen LogP contribution in [0.3, 0.4) is 0 Å². The van der Waals surface area contributed by atoms with E-state index in [0.29, 0.717) is 12.1 Å². The fourth-order valence-corrected chi connectivity index (χ4v) is 1.49. The largest absolute Gasteiger partial charge is 0.382 e. The van der Waals surface area contributed by atoms with Crippen LogP contribution in [0.5, 0.6) is 0 Å². The minimum atomic E-state index is -0.235. The maximum absolute atomic E-state index is 11.9. The van der Waals surface area contributed by atoms with Crippen LogP contribution in [0.4, 0.5) is 5.82 Å². The van der Waals surface area contributed by atoms with E-state index in [-0.39, 0.29) is 22.7 Å². The zero-order valence-electron chi connectivity index (χ0n) is 9.64. The van der Waals surface area contributed by atoms with Gasteiger partial charge in [0.15, 0.2) is 0 Å². The third-order valence-electron chi connectivity index (χ3n) is 2.23. The molecule has 6 heteroatoms. The Morgan fingerprint density at radius 3 is 2.94 bits per heavy atom. The number of aromatic nitrogens is 1. The predicted molar refractivity (Wildman–Crippen MR) is 65.4 cm³/mol. The summed E-state index contributed by atoms with van der Waals surface area (Å²) in [6.07, 6.45) is 1.37. The van der Waals surface area contributed by atoms with Gasteiger partial charge in [-0.3, -0.25) is 4.79 Å². The Morgan fingerprint density at radius 2 is 2.41 bits per heavy atom. The molecule has 0 spiro atoms. The number of anilines is 1. The smallest absolute Gasteiger partial charge is 0.255 e. The second-order valence-corrected chi connectivity index (χ2v) is 4.21. The summed E-state index contributed by atoms with van der Waals surface area (Å²) < 4.78 is 0. The molecule has 1 heterocycles. The monoisotopic (exact) mass is 252 g/mol. The van der Waals surface area contributed by atoms with Crippen molar-refractivity contribution >= 4 is 23.3 Å². The van der Waals surface area contributed by atoms with Crippen molar-refractivity contribution in [2.24, 2.45) is 5.92 Å². The summed E-state index contributed by atoms with van der Waals surface area (Å²) in [7, 11) is 1.63. The topological polar surface area (TPSA) is 83.0 Å². The number of halogens is 1. The van der Waals surface area contributed by atoms with Gasteiger partial charge in [-0.25, -0.2) is 4.98 Å². The van der Waals surface area contributed by atoms with E-state index in [1.165, 1.54) is 17.2 Å². The van der Waals surface area contributed by atoms with Crippen LogP contribution in [0.25, 0.3) is 0 Å². The highest BCUT2D eigenvalue weighted by Gasteiger charge is 2.15. The van der Waals surface area contributed by atoms with E-state index in [1.54, 1.807) is 14.0 Å². The summed E-state index contributed by atoms with van der Waals surface area (Å²) in [5.74, 6) is -0.265. The van der Waals surface area contributed by atoms with Gasteiger partial charge in [0.1, 0.15) is 5.82 Å². The lowest BCUT2D eigenvalue weighted by Gasteiger charge is -2.18. The van der Waals surface area contributed by atoms with Gasteiger partial charge in [-0.15, -0.1) is 0 Å². The lowest BCUT2D eigenvalue weighted by molar-refractivity contribution is 0.0784. The van der Waals surface area contributed by atoms with E-state index in [2.05, 4.69) is 11.1 Å². The standard InChI is InChI=1S/C11H13ClN4O/c1-7(4-13)6-16(2)11(17)8-3-9(12)10(14)15-5-8/h3,5,7H,6H2,1-2H3,(H2,14,15). The molecule has 0 radical (unpaired) electrons. The molecule has 2 N–H and O–H groups in total. The minimum Gasteiger partial charge on any atom is -0.382 e. The van der Waals surface area contributed by atoms with Gasteiger partial charge < -0.3 is 10.6 Å². The molecule has 1 aromatic heterocycles. The van der Waals surface area contributed by atoms with Gasteiger partial charge in [0, 0.05) is 19.8 Å². The Balaban J connectivity index is 2.82. The maximum atomic E-state index is 11.9. The predicted octanol–water partition coefficient (Wildman–Crippen LogP) is 1.55. The number of carbonyl (C=O) groups is 1. The molecule has 90 valence electrons. The average Bonchev–Trinajstić information content (AvgIpc) is 2.31. The van der Waals surface area contributed by atoms with Crippen molar-refractivity contribution in [1.82, 2.24) is 9.88 Å². The van der Waals surface area contributed by atoms with Crippen LogP contribution in [0, 0.1) is 17.2 Å². The number of rotatable bonds is 3. The van der Waals surface area contributed by atoms with Gasteiger partial charge in [-0.05, 0) is 13.0 Å². The molecular weight excluding hydrogens is 240 g/mol. The molecule has 1 atom stereocenters. The second-order valence-electron chi connectivity index (χ2n) is 3.81. The Bertz CT molecular complexity index is 469. The molecule has 5 nitrogen and oxygen atoms in total. The summed E-state index contributed by atoms with van der Waals surface area (Å²) in [5, 5.41) is 8.93. The number of nitrogens with zero attached hydrogens (tertiary/aromatic N) is 3. The van der Waals surface area contributed by atoms with Gasteiger partial charge in [0.05, 0.1) is 22.6 Å². The van der Waals surface area contributed by atoms with E-state index in [1.807, 2.05) is 0 Å². The van der Waals surface area contributed by atoms with Gasteiger partial charge in [0.2, 0.25) is 0 Å². The zero-order valence-corrected chi connectivity index (χ0v) is 10.4. The highest BCUT2D eigenvalue weighted by molar-refractivity contribution is 6.33. The van der Waals surface area contributed by atoms with Crippen molar-refractivity contribution in [3.8, 4) is 6.07 Å². The van der Waals surface area contributed by atoms with Crippen molar-refractivity contribution in [3.05, 3.63) is 22.8 Å². The van der Waals surface area contributed by atoms with Gasteiger partial charge >= 0.3 is 0 Å². The number of carbonyl (C=O) groups excluding carboxylic acids is 1. The van der Waals surface area contributed by atoms with Crippen molar-refractivity contribution in [1.29, 1.82) is 5.26 Å². The second kappa shape index (κ2) is 5.51. The molecule has 1 unspecified atom stereocenters. The van der Waals surface area contributed by atoms with E-state index in [0.717, 1.165) is 0 Å². The van der Waals surface area contributed by atoms with Crippen LogP contribution >= 0.6 is 11.6 Å². The number of hydrogen-bond donors (Lipinski definition) is 1. The zero-order chi connectivity index (χ0) is 13.0. The van der Waals surface area contributed by atoms with Crippen LogP contribution in [-0.2, 0) is 0 Å². The molecule has 0 aliphatic carbocycles. The van der Waals surface area contributed by atoms with Crippen LogP contribution < -0.4 is 5.73 Å². The Kier molecular flexibility index (Phi) is 4.30. The quantitative estimate of drug-likeness (QED) is 0.885. The minimum absolute atomic E-state index is 0.191. The fourth-order valence-electron chi connectivity index (χ4n) is 1.32. The number of nitriles is 1. The average molecular weight is 253 g/mol. The molecule has 1 amide bonds. The number of hydrogen-bond acceptors (Lipinski definition) is 4. The normalized spacial score (nSPS) is 11.6. The van der Waals surface area contributed by atoms with Crippen molar-refractivity contribution in [2.45, 2.75) is 6.92 Å². The summed E-state index contributed by atoms with van der Waals surface area (Å²) in [4.78, 5) is 17.2. The summed E-state index contributed by atoms with van der Waals surface area (Å²) in [5.41, 5.74) is 5.81. The van der Waals surface area contributed by atoms with Crippen molar-refractivity contribution in [3.63, 3.8) is 0 Å². The maximum Gasteiger partial charge on any atom is 0.255 e. The Morgan fingerprint density at radius 1 is 1.76 bits per heavy atom. The summed E-state index contributed by atoms with van der Waals surface area (Å²) in [6, 6.07) is 3.54. The van der Waals surface area contributed by atoms with Crippen LogP contribution in [-0.4, -0.2) is 29.4 Å². The first-order valence-corrected chi connectivity index (χ1v) is 5.39. The van der Waals surface area contributed by atoms with Crippen LogP contribution in [0.2, 0.25) is 5.02 Å². The fraction of sp³-hybridized carbons (Fsp3) is 0.364. The third-order valence-corrected chi connectivity index (χ3v) is 2.53. The SMILES string of the molecule is CC(C#N)CN(C)C(=O)c1cnc(N)c(Cl)c1. The highest BCUT2D eigenvalue weighted by atomic mass is 35.5. The lowest BCUT2D eigenvalue weighted by atomic mass is 10.2. The number of nitrogens with two attached hydrogens (primary N) is 1. The number of nitrogen functional groups attached to an aromatic ring is 1. The van der Waals surface area contributed by atoms with Crippen molar-refractivity contribution in [2.75, 3.05) is 19.3 Å². The number of pyridine rings is 1. The molecular formula is C11H13ClN4O. The van der Waals surface area contributed by atoms with Gasteiger partial charge in [-0.2, -0.15) is 5.26 Å². The first-order valence-electron chi connectivity index (χ1n) is 5.01. The molecule has 0 saturated carbocycles. The molecule has 0 saturated heterocycles. The molecule has 1 aromatic rings. The van der Waals surface area contributed by atoms with Gasteiger partial charge in [-0.1, -0.05) is 11.6 Å². The Labute approximate surface area is 105 Å². The van der Waals surface area contributed by atoms with E-state index < -0.39 is 0 Å². The van der Waals surface area contributed by atoms with E-state index in [4.69, 9.17) is 22.6 Å². The third kappa shape index (κ3) is 3.33. The van der Waals surface area contributed by atoms with Crippen LogP contribution in [0.1, 0.15) is 17.3 Å². The van der Waals surface area contributed by atoms with Gasteiger partial charge in [0.25, 0.3) is 5.91 Å². The molecule has 0 fully saturated rings. The molecule has 0 aliphatic heterocycles. The Hall–Kier alpha value is -1.80. The molecule has 1 rings (SSSR count). The van der Waals surface area contributed by atoms with E-state index in [9.17, 15) is 4.79 Å².